The Balaban J connectivity index is 2.37. The van der Waals surface area contributed by atoms with Gasteiger partial charge >= 0.3 is 0 Å². The molecule has 0 aromatic rings. The number of carbonyl (C=O) groups excluding carboxylic acids is 1. The lowest BCUT2D eigenvalue weighted by Crippen LogP contribution is -2.42. The molecule has 6 heteroatoms. The number of rotatable bonds is 8. The van der Waals surface area contributed by atoms with E-state index in [1.54, 1.807) is 0 Å². The molecule has 1 aliphatic rings. The van der Waals surface area contributed by atoms with E-state index in [2.05, 4.69) is 5.32 Å². The molecule has 0 bridgehead atoms. The third-order valence-corrected chi connectivity index (χ3v) is 5.33. The maximum atomic E-state index is 11.8. The highest BCUT2D eigenvalue weighted by atomic mass is 32.2. The van der Waals surface area contributed by atoms with Gasteiger partial charge in [-0.1, -0.05) is 26.2 Å². The van der Waals surface area contributed by atoms with Gasteiger partial charge < -0.3 is 11.1 Å². The minimum Gasteiger partial charge on any atom is -0.352 e. The molecule has 1 rings (SSSR count). The van der Waals surface area contributed by atoms with E-state index in [9.17, 15) is 13.2 Å². The minimum absolute atomic E-state index is 0.0586. The first-order valence-electron chi connectivity index (χ1n) is 7.18. The Bertz CT molecular complexity index is 381. The van der Waals surface area contributed by atoms with Crippen LogP contribution in [-0.2, 0) is 14.6 Å². The van der Waals surface area contributed by atoms with Crippen molar-refractivity contribution < 1.29 is 13.2 Å². The van der Waals surface area contributed by atoms with Crippen LogP contribution < -0.4 is 11.1 Å². The zero-order chi connectivity index (χ0) is 14.3. The third kappa shape index (κ3) is 5.91. The number of carbonyl (C=O) groups is 1. The van der Waals surface area contributed by atoms with Gasteiger partial charge in [0.2, 0.25) is 5.91 Å². The van der Waals surface area contributed by atoms with E-state index in [-0.39, 0.29) is 23.5 Å². The van der Waals surface area contributed by atoms with E-state index in [4.69, 9.17) is 5.73 Å². The summed E-state index contributed by atoms with van der Waals surface area (Å²) in [5, 5.41) is 2.83. The first-order valence-corrected chi connectivity index (χ1v) is 9.00. The van der Waals surface area contributed by atoms with Gasteiger partial charge in [0.15, 0.2) is 9.84 Å². The number of sulfone groups is 1. The van der Waals surface area contributed by atoms with E-state index in [0.717, 1.165) is 32.1 Å². The van der Waals surface area contributed by atoms with Crippen molar-refractivity contribution in [1.82, 2.24) is 5.32 Å². The summed E-state index contributed by atoms with van der Waals surface area (Å²) >= 11 is 0. The van der Waals surface area contributed by atoms with Gasteiger partial charge in [0.25, 0.3) is 0 Å². The smallest absolute Gasteiger partial charge is 0.235 e. The summed E-state index contributed by atoms with van der Waals surface area (Å²) < 4.78 is 23.5. The van der Waals surface area contributed by atoms with Gasteiger partial charge in [0.05, 0.1) is 5.75 Å². The molecule has 0 aliphatic heterocycles. The zero-order valence-corrected chi connectivity index (χ0v) is 12.5. The SMILES string of the molecule is CCCCCS(=O)(=O)CC(=O)NC1CCCC1CN. The van der Waals surface area contributed by atoms with Crippen LogP contribution in [0.3, 0.4) is 0 Å². The quantitative estimate of drug-likeness (QED) is 0.648. The molecule has 19 heavy (non-hydrogen) atoms. The second-order valence-electron chi connectivity index (χ2n) is 5.40. The molecule has 0 aromatic heterocycles. The Morgan fingerprint density at radius 2 is 2.05 bits per heavy atom. The molecule has 0 radical (unpaired) electrons. The molecule has 112 valence electrons. The van der Waals surface area contributed by atoms with Crippen LogP contribution in [0, 0.1) is 5.92 Å². The van der Waals surface area contributed by atoms with Crippen LogP contribution in [0.2, 0.25) is 0 Å². The van der Waals surface area contributed by atoms with Crippen LogP contribution in [0.25, 0.3) is 0 Å². The Morgan fingerprint density at radius 3 is 2.68 bits per heavy atom. The number of hydrogen-bond donors (Lipinski definition) is 2. The largest absolute Gasteiger partial charge is 0.352 e. The lowest BCUT2D eigenvalue weighted by Gasteiger charge is -2.19. The number of nitrogens with two attached hydrogens (primary N) is 1. The molecule has 1 aliphatic carbocycles. The highest BCUT2D eigenvalue weighted by Gasteiger charge is 2.28. The minimum atomic E-state index is -3.26. The predicted octanol–water partition coefficient (Wildman–Crippen LogP) is 0.835. The molecule has 1 saturated carbocycles. The van der Waals surface area contributed by atoms with Crippen LogP contribution in [0.1, 0.15) is 45.4 Å². The van der Waals surface area contributed by atoms with Crippen LogP contribution in [0.4, 0.5) is 0 Å². The molecule has 0 saturated heterocycles. The molecule has 2 atom stereocenters. The summed E-state index contributed by atoms with van der Waals surface area (Å²) in [4.78, 5) is 11.8. The summed E-state index contributed by atoms with van der Waals surface area (Å²) in [6.45, 7) is 2.57. The summed E-state index contributed by atoms with van der Waals surface area (Å²) in [6, 6.07) is 0.0586. The van der Waals surface area contributed by atoms with Crippen molar-refractivity contribution in [2.75, 3.05) is 18.1 Å². The molecule has 2 unspecified atom stereocenters. The number of amides is 1. The van der Waals surface area contributed by atoms with Crippen molar-refractivity contribution in [1.29, 1.82) is 0 Å². The van der Waals surface area contributed by atoms with E-state index in [1.165, 1.54) is 0 Å². The van der Waals surface area contributed by atoms with E-state index in [0.29, 0.717) is 18.9 Å². The van der Waals surface area contributed by atoms with Crippen LogP contribution >= 0.6 is 0 Å². The maximum absolute atomic E-state index is 11.8. The fourth-order valence-electron chi connectivity index (χ4n) is 2.60. The van der Waals surface area contributed by atoms with Crippen LogP contribution in [0.15, 0.2) is 0 Å². The third-order valence-electron chi connectivity index (χ3n) is 3.72. The van der Waals surface area contributed by atoms with Gasteiger partial charge in [0, 0.05) is 6.04 Å². The van der Waals surface area contributed by atoms with Crippen molar-refractivity contribution >= 4 is 15.7 Å². The highest BCUT2D eigenvalue weighted by Crippen LogP contribution is 2.24. The van der Waals surface area contributed by atoms with Gasteiger partial charge in [0.1, 0.15) is 5.75 Å². The summed E-state index contributed by atoms with van der Waals surface area (Å²) in [5.74, 6) is -0.349. The van der Waals surface area contributed by atoms with E-state index >= 15 is 0 Å². The Kier molecular flexibility index (Phi) is 6.79. The summed E-state index contributed by atoms with van der Waals surface area (Å²) in [6.07, 6.45) is 5.48. The summed E-state index contributed by atoms with van der Waals surface area (Å²) in [5.41, 5.74) is 5.64. The summed E-state index contributed by atoms with van der Waals surface area (Å²) in [7, 11) is -3.26. The molecule has 1 fully saturated rings. The fraction of sp³-hybridized carbons (Fsp3) is 0.923. The molecule has 3 N–H and O–H groups in total. The first-order chi connectivity index (χ1) is 8.98. The number of nitrogens with one attached hydrogen (secondary N) is 1. The fourth-order valence-corrected chi connectivity index (χ4v) is 3.87. The van der Waals surface area contributed by atoms with Crippen LogP contribution in [-0.4, -0.2) is 38.4 Å². The lowest BCUT2D eigenvalue weighted by atomic mass is 10.0. The Morgan fingerprint density at radius 1 is 1.32 bits per heavy atom. The van der Waals surface area contributed by atoms with Gasteiger partial charge in [-0.15, -0.1) is 0 Å². The topological polar surface area (TPSA) is 89.3 Å². The van der Waals surface area contributed by atoms with Crippen LogP contribution in [0.5, 0.6) is 0 Å². The zero-order valence-electron chi connectivity index (χ0n) is 11.7. The molecule has 0 spiro atoms. The predicted molar refractivity (Wildman–Crippen MR) is 76.5 cm³/mol. The van der Waals surface area contributed by atoms with Gasteiger partial charge in [-0.25, -0.2) is 8.42 Å². The van der Waals surface area contributed by atoms with Crippen molar-refractivity contribution in [2.45, 2.75) is 51.5 Å². The number of hydrogen-bond acceptors (Lipinski definition) is 4. The second kappa shape index (κ2) is 7.85. The molecule has 1 amide bonds. The Hall–Kier alpha value is -0.620. The van der Waals surface area contributed by atoms with Crippen molar-refractivity contribution in [3.05, 3.63) is 0 Å². The molecular formula is C13H26N2O3S. The second-order valence-corrected chi connectivity index (χ2v) is 7.58. The van der Waals surface area contributed by atoms with E-state index in [1.807, 2.05) is 6.92 Å². The van der Waals surface area contributed by atoms with Gasteiger partial charge in [-0.2, -0.15) is 0 Å². The monoisotopic (exact) mass is 290 g/mol. The van der Waals surface area contributed by atoms with Gasteiger partial charge in [-0.3, -0.25) is 4.79 Å². The maximum Gasteiger partial charge on any atom is 0.235 e. The first kappa shape index (κ1) is 16.4. The normalized spacial score (nSPS) is 23.5. The average Bonchev–Trinajstić information content (AvgIpc) is 2.75. The lowest BCUT2D eigenvalue weighted by molar-refractivity contribution is -0.119. The van der Waals surface area contributed by atoms with Crippen molar-refractivity contribution in [3.63, 3.8) is 0 Å². The molecule has 5 nitrogen and oxygen atoms in total. The number of unbranched alkanes of at least 4 members (excludes halogenated alkanes) is 2. The molecular weight excluding hydrogens is 264 g/mol. The van der Waals surface area contributed by atoms with Crippen molar-refractivity contribution in [3.8, 4) is 0 Å². The average molecular weight is 290 g/mol. The van der Waals surface area contributed by atoms with Crippen molar-refractivity contribution in [2.24, 2.45) is 11.7 Å². The molecule has 0 aromatic carbocycles. The van der Waals surface area contributed by atoms with Gasteiger partial charge in [-0.05, 0) is 31.7 Å². The molecule has 0 heterocycles. The highest BCUT2D eigenvalue weighted by molar-refractivity contribution is 7.92. The van der Waals surface area contributed by atoms with E-state index < -0.39 is 9.84 Å². The Labute approximate surface area is 116 Å². The standard InChI is InChI=1S/C13H26N2O3S/c1-2-3-4-8-19(17,18)10-13(16)15-12-7-5-6-11(12)9-14/h11-12H,2-10,14H2,1H3,(H,15,16).